The minimum absolute atomic E-state index is 0.0370. The highest BCUT2D eigenvalue weighted by Crippen LogP contribution is 2.34. The number of nitrogens with zero attached hydrogens (tertiary/aromatic N) is 3. The van der Waals surface area contributed by atoms with Gasteiger partial charge in [-0.2, -0.15) is 5.21 Å². The Kier molecular flexibility index (Phi) is 5.40. The maximum absolute atomic E-state index is 12.0. The Morgan fingerprint density at radius 2 is 1.92 bits per heavy atom. The third-order valence-electron chi connectivity index (χ3n) is 3.92. The Morgan fingerprint density at radius 1 is 1.15 bits per heavy atom. The third-order valence-corrected chi connectivity index (χ3v) is 4.88. The van der Waals surface area contributed by atoms with E-state index in [2.05, 4.69) is 32.9 Å². The second-order valence-electron chi connectivity index (χ2n) is 5.83. The van der Waals surface area contributed by atoms with E-state index >= 15 is 0 Å². The van der Waals surface area contributed by atoms with Crippen molar-refractivity contribution in [1.29, 1.82) is 0 Å². The summed E-state index contributed by atoms with van der Waals surface area (Å²) in [7, 11) is -3.94. The molecule has 26 heavy (non-hydrogen) atoms. The van der Waals surface area contributed by atoms with Gasteiger partial charge in [-0.05, 0) is 40.9 Å². The van der Waals surface area contributed by atoms with Crippen LogP contribution in [0, 0.1) is 0 Å². The molecule has 0 atom stereocenters. The summed E-state index contributed by atoms with van der Waals surface area (Å²) < 4.78 is 24.0. The van der Waals surface area contributed by atoms with Crippen LogP contribution in [0.2, 0.25) is 0 Å². The van der Waals surface area contributed by atoms with E-state index in [0.717, 1.165) is 30.6 Å². The SMILES string of the molecule is CCCNCc1ccc(-c2cccc(S(N)(=O)=O)c2-c2nn[nH]n2)cc1. The van der Waals surface area contributed by atoms with Gasteiger partial charge >= 0.3 is 0 Å². The molecule has 0 aliphatic carbocycles. The quantitative estimate of drug-likeness (QED) is 0.542. The van der Waals surface area contributed by atoms with E-state index in [-0.39, 0.29) is 10.7 Å². The van der Waals surface area contributed by atoms with Crippen molar-refractivity contribution < 1.29 is 8.42 Å². The van der Waals surface area contributed by atoms with Crippen LogP contribution in [0.15, 0.2) is 47.4 Å². The van der Waals surface area contributed by atoms with Crippen molar-refractivity contribution in [3.8, 4) is 22.5 Å². The molecule has 3 rings (SSSR count). The molecule has 4 N–H and O–H groups in total. The predicted octanol–water partition coefficient (Wildman–Crippen LogP) is 1.68. The monoisotopic (exact) mass is 372 g/mol. The molecule has 1 aromatic heterocycles. The summed E-state index contributed by atoms with van der Waals surface area (Å²) in [6.07, 6.45) is 1.08. The Balaban J connectivity index is 2.05. The molecule has 2 aromatic carbocycles. The Morgan fingerprint density at radius 3 is 2.54 bits per heavy atom. The van der Waals surface area contributed by atoms with Crippen molar-refractivity contribution in [3.63, 3.8) is 0 Å². The van der Waals surface area contributed by atoms with E-state index in [4.69, 9.17) is 5.14 Å². The second-order valence-corrected chi connectivity index (χ2v) is 7.36. The molecule has 1 heterocycles. The van der Waals surface area contributed by atoms with E-state index in [1.807, 2.05) is 30.3 Å². The molecule has 8 nitrogen and oxygen atoms in total. The maximum atomic E-state index is 12.0. The number of nitrogens with two attached hydrogens (primary N) is 1. The van der Waals surface area contributed by atoms with Crippen molar-refractivity contribution in [2.24, 2.45) is 5.14 Å². The molecule has 0 radical (unpaired) electrons. The van der Waals surface area contributed by atoms with Crippen molar-refractivity contribution >= 4 is 10.0 Å². The molecule has 0 aliphatic rings. The van der Waals surface area contributed by atoms with E-state index in [1.165, 1.54) is 6.07 Å². The molecular formula is C17H20N6O2S. The molecular weight excluding hydrogens is 352 g/mol. The summed E-state index contributed by atoms with van der Waals surface area (Å²) in [6, 6.07) is 12.8. The lowest BCUT2D eigenvalue weighted by molar-refractivity contribution is 0.598. The standard InChI is InChI=1S/C17H20N6O2S/c1-2-10-19-11-12-6-8-13(9-7-12)14-4-3-5-15(26(18,24)25)16(14)17-20-22-23-21-17/h3-9,19H,2,10-11H2,1H3,(H2,18,24,25)(H,20,21,22,23). The first kappa shape index (κ1) is 18.2. The number of aromatic amines is 1. The van der Waals surface area contributed by atoms with Gasteiger partial charge in [0.15, 0.2) is 0 Å². The van der Waals surface area contributed by atoms with E-state index in [9.17, 15) is 8.42 Å². The second kappa shape index (κ2) is 7.73. The fraction of sp³-hybridized carbons (Fsp3) is 0.235. The van der Waals surface area contributed by atoms with Crippen molar-refractivity contribution in [2.45, 2.75) is 24.8 Å². The van der Waals surface area contributed by atoms with Gasteiger partial charge in [0.2, 0.25) is 15.8 Å². The molecule has 0 bridgehead atoms. The summed E-state index contributed by atoms with van der Waals surface area (Å²) in [5.74, 6) is 0.179. The summed E-state index contributed by atoms with van der Waals surface area (Å²) in [5.41, 5.74) is 2.99. The number of H-pyrrole nitrogens is 1. The van der Waals surface area contributed by atoms with Gasteiger partial charge in [0.05, 0.1) is 10.5 Å². The largest absolute Gasteiger partial charge is 0.313 e. The predicted molar refractivity (Wildman–Crippen MR) is 98.4 cm³/mol. The van der Waals surface area contributed by atoms with Crippen molar-refractivity contribution in [1.82, 2.24) is 25.9 Å². The van der Waals surface area contributed by atoms with Gasteiger partial charge in [0, 0.05) is 6.54 Å². The van der Waals surface area contributed by atoms with Crippen LogP contribution in [0.3, 0.4) is 0 Å². The fourth-order valence-electron chi connectivity index (χ4n) is 2.72. The average Bonchev–Trinajstić information content (AvgIpc) is 3.15. The van der Waals surface area contributed by atoms with Crippen molar-refractivity contribution in [2.75, 3.05) is 6.54 Å². The molecule has 0 saturated heterocycles. The molecule has 136 valence electrons. The van der Waals surface area contributed by atoms with Crippen molar-refractivity contribution in [3.05, 3.63) is 48.0 Å². The minimum Gasteiger partial charge on any atom is -0.313 e. The van der Waals surface area contributed by atoms with E-state index < -0.39 is 10.0 Å². The highest BCUT2D eigenvalue weighted by atomic mass is 32.2. The molecule has 0 saturated carbocycles. The lowest BCUT2D eigenvalue weighted by Crippen LogP contribution is -2.14. The number of primary sulfonamides is 1. The first-order valence-electron chi connectivity index (χ1n) is 8.20. The normalized spacial score (nSPS) is 11.6. The molecule has 0 unspecified atom stereocenters. The number of sulfonamides is 1. The van der Waals surface area contributed by atoms with Gasteiger partial charge < -0.3 is 5.32 Å². The molecule has 0 spiro atoms. The van der Waals surface area contributed by atoms with Crippen LogP contribution in [0.1, 0.15) is 18.9 Å². The van der Waals surface area contributed by atoms with Crippen LogP contribution in [0.25, 0.3) is 22.5 Å². The Bertz CT molecular complexity index is 969. The molecule has 0 aliphatic heterocycles. The van der Waals surface area contributed by atoms with Crippen LogP contribution in [0.4, 0.5) is 0 Å². The number of benzene rings is 2. The van der Waals surface area contributed by atoms with Gasteiger partial charge in [-0.1, -0.05) is 43.3 Å². The zero-order chi connectivity index (χ0) is 18.6. The van der Waals surface area contributed by atoms with Crippen LogP contribution in [-0.2, 0) is 16.6 Å². The van der Waals surface area contributed by atoms with E-state index in [0.29, 0.717) is 11.1 Å². The van der Waals surface area contributed by atoms with Crippen LogP contribution in [0.5, 0.6) is 0 Å². The first-order valence-corrected chi connectivity index (χ1v) is 9.75. The zero-order valence-electron chi connectivity index (χ0n) is 14.3. The summed E-state index contributed by atoms with van der Waals surface area (Å²) in [6.45, 7) is 3.86. The lowest BCUT2D eigenvalue weighted by atomic mass is 9.98. The van der Waals surface area contributed by atoms with Gasteiger partial charge in [0.1, 0.15) is 0 Å². The number of aromatic nitrogens is 4. The highest BCUT2D eigenvalue weighted by molar-refractivity contribution is 7.89. The molecule has 9 heteroatoms. The molecule has 0 amide bonds. The summed E-state index contributed by atoms with van der Waals surface area (Å²) >= 11 is 0. The third kappa shape index (κ3) is 3.96. The first-order chi connectivity index (χ1) is 12.5. The minimum atomic E-state index is -3.94. The van der Waals surface area contributed by atoms with Crippen LogP contribution in [-0.4, -0.2) is 35.6 Å². The zero-order valence-corrected chi connectivity index (χ0v) is 15.1. The average molecular weight is 372 g/mol. The number of tetrazole rings is 1. The van der Waals surface area contributed by atoms with E-state index in [1.54, 1.807) is 6.07 Å². The summed E-state index contributed by atoms with van der Waals surface area (Å²) in [5, 5.41) is 22.5. The number of hydrogen-bond donors (Lipinski definition) is 3. The maximum Gasteiger partial charge on any atom is 0.238 e. The molecule has 0 fully saturated rings. The fourth-order valence-corrected chi connectivity index (χ4v) is 3.47. The molecule has 3 aromatic rings. The Labute approximate surface area is 151 Å². The highest BCUT2D eigenvalue weighted by Gasteiger charge is 2.22. The van der Waals surface area contributed by atoms with Gasteiger partial charge in [-0.3, -0.25) is 0 Å². The van der Waals surface area contributed by atoms with Gasteiger partial charge in [-0.25, -0.2) is 13.6 Å². The summed E-state index contributed by atoms with van der Waals surface area (Å²) in [4.78, 5) is -0.0370. The van der Waals surface area contributed by atoms with Gasteiger partial charge in [-0.15, -0.1) is 10.2 Å². The number of nitrogens with one attached hydrogen (secondary N) is 2. The Hall–Kier alpha value is -2.62. The number of hydrogen-bond acceptors (Lipinski definition) is 6. The van der Waals surface area contributed by atoms with Crippen LogP contribution >= 0.6 is 0 Å². The smallest absolute Gasteiger partial charge is 0.238 e. The lowest BCUT2D eigenvalue weighted by Gasteiger charge is -2.12. The van der Waals surface area contributed by atoms with Gasteiger partial charge in [0.25, 0.3) is 0 Å². The number of rotatable bonds is 7. The van der Waals surface area contributed by atoms with Crippen LogP contribution < -0.4 is 10.5 Å². The topological polar surface area (TPSA) is 127 Å².